The van der Waals surface area contributed by atoms with E-state index in [1.54, 1.807) is 0 Å². The molecule has 2 N–H and O–H groups in total. The molecule has 7 heteroatoms. The van der Waals surface area contributed by atoms with Crippen molar-refractivity contribution in [2.45, 2.75) is 38.3 Å². The van der Waals surface area contributed by atoms with Crippen LogP contribution in [0.25, 0.3) is 0 Å². The van der Waals surface area contributed by atoms with Crippen LogP contribution in [-0.2, 0) is 0 Å². The van der Waals surface area contributed by atoms with Crippen molar-refractivity contribution in [1.29, 1.82) is 0 Å². The second kappa shape index (κ2) is 5.71. The number of hydrogen-bond acceptors (Lipinski definition) is 5. The summed E-state index contributed by atoms with van der Waals surface area (Å²) in [6.07, 6.45) is 4.42. The normalized spacial score (nSPS) is 21.2. The lowest BCUT2D eigenvalue weighted by molar-refractivity contribution is -0.385. The Hall–Kier alpha value is -1.40. The molecule has 1 aliphatic rings. The molecule has 2 atom stereocenters. The number of pyridine rings is 1. The number of hydrogen-bond donors (Lipinski definition) is 1. The summed E-state index contributed by atoms with van der Waals surface area (Å²) >= 11 is 6.13. The number of aromatic nitrogens is 1. The number of anilines is 1. The highest BCUT2D eigenvalue weighted by molar-refractivity contribution is 6.33. The first kappa shape index (κ1) is 14.0. The van der Waals surface area contributed by atoms with Crippen molar-refractivity contribution in [3.8, 4) is 0 Å². The van der Waals surface area contributed by atoms with E-state index < -0.39 is 4.92 Å². The summed E-state index contributed by atoms with van der Waals surface area (Å²) in [4.78, 5) is 16.4. The van der Waals surface area contributed by atoms with Crippen LogP contribution >= 0.6 is 11.6 Å². The highest BCUT2D eigenvalue weighted by Gasteiger charge is 2.28. The van der Waals surface area contributed by atoms with E-state index >= 15 is 0 Å². The van der Waals surface area contributed by atoms with Gasteiger partial charge in [0, 0.05) is 24.7 Å². The quantitative estimate of drug-likeness (QED) is 0.680. The van der Waals surface area contributed by atoms with Crippen LogP contribution in [0.3, 0.4) is 0 Å². The van der Waals surface area contributed by atoms with Gasteiger partial charge in [0.05, 0.1) is 9.95 Å². The number of nitrogens with two attached hydrogens (primary N) is 1. The molecule has 1 aromatic rings. The zero-order chi connectivity index (χ0) is 14.0. The molecule has 1 aliphatic heterocycles. The third kappa shape index (κ3) is 2.96. The Morgan fingerprint density at radius 1 is 1.63 bits per heavy atom. The molecule has 1 aromatic heterocycles. The van der Waals surface area contributed by atoms with Crippen LogP contribution in [-0.4, -0.2) is 28.5 Å². The predicted molar refractivity (Wildman–Crippen MR) is 74.5 cm³/mol. The molecule has 6 nitrogen and oxygen atoms in total. The van der Waals surface area contributed by atoms with Gasteiger partial charge in [0.25, 0.3) is 5.69 Å². The minimum Gasteiger partial charge on any atom is -0.351 e. The summed E-state index contributed by atoms with van der Waals surface area (Å²) in [5.41, 5.74) is 5.91. The van der Waals surface area contributed by atoms with Gasteiger partial charge in [0.15, 0.2) is 0 Å². The van der Waals surface area contributed by atoms with Crippen molar-refractivity contribution < 1.29 is 4.92 Å². The third-order valence-corrected chi connectivity index (χ3v) is 3.72. The Morgan fingerprint density at radius 2 is 2.37 bits per heavy atom. The maximum Gasteiger partial charge on any atom is 0.289 e. The molecule has 1 saturated heterocycles. The van der Waals surface area contributed by atoms with Crippen molar-refractivity contribution in [3.05, 3.63) is 27.4 Å². The fourth-order valence-corrected chi connectivity index (χ4v) is 2.77. The average Bonchev–Trinajstić information content (AvgIpc) is 2.38. The Labute approximate surface area is 116 Å². The van der Waals surface area contributed by atoms with Crippen molar-refractivity contribution in [3.63, 3.8) is 0 Å². The number of rotatable bonds is 3. The molecule has 0 spiro atoms. The summed E-state index contributed by atoms with van der Waals surface area (Å²) in [5.74, 6) is 0.592. The van der Waals surface area contributed by atoms with Crippen LogP contribution in [0.5, 0.6) is 0 Å². The van der Waals surface area contributed by atoms with E-state index in [1.807, 2.05) is 6.92 Å². The van der Waals surface area contributed by atoms with E-state index in [2.05, 4.69) is 9.88 Å². The summed E-state index contributed by atoms with van der Waals surface area (Å²) in [6.45, 7) is 2.79. The first-order valence-electron chi connectivity index (χ1n) is 6.33. The SMILES string of the molecule is CC(N)C1CCCCN1c1ncc([N+](=O)[O-])cc1Cl. The molecule has 0 aliphatic carbocycles. The van der Waals surface area contributed by atoms with Gasteiger partial charge < -0.3 is 10.6 Å². The summed E-state index contributed by atoms with van der Waals surface area (Å²) in [5, 5.41) is 11.0. The fourth-order valence-electron chi connectivity index (χ4n) is 2.50. The van der Waals surface area contributed by atoms with E-state index in [4.69, 9.17) is 17.3 Å². The third-order valence-electron chi connectivity index (χ3n) is 3.45. The van der Waals surface area contributed by atoms with Gasteiger partial charge in [-0.1, -0.05) is 11.6 Å². The molecule has 2 heterocycles. The molecule has 104 valence electrons. The van der Waals surface area contributed by atoms with Crippen LogP contribution in [0.2, 0.25) is 5.02 Å². The molecule has 19 heavy (non-hydrogen) atoms. The summed E-state index contributed by atoms with van der Waals surface area (Å²) in [7, 11) is 0. The maximum atomic E-state index is 10.7. The summed E-state index contributed by atoms with van der Waals surface area (Å²) < 4.78 is 0. The molecule has 1 fully saturated rings. The van der Waals surface area contributed by atoms with Crippen LogP contribution in [0, 0.1) is 10.1 Å². The van der Waals surface area contributed by atoms with E-state index in [0.717, 1.165) is 25.8 Å². The van der Waals surface area contributed by atoms with Gasteiger partial charge in [-0.05, 0) is 26.2 Å². The zero-order valence-electron chi connectivity index (χ0n) is 10.8. The number of nitro groups is 1. The topological polar surface area (TPSA) is 85.3 Å². The molecule has 0 saturated carbocycles. The van der Waals surface area contributed by atoms with Gasteiger partial charge in [-0.2, -0.15) is 0 Å². The Balaban J connectivity index is 2.31. The monoisotopic (exact) mass is 284 g/mol. The van der Waals surface area contributed by atoms with E-state index in [1.165, 1.54) is 12.3 Å². The summed E-state index contributed by atoms with van der Waals surface area (Å²) in [6, 6.07) is 1.53. The van der Waals surface area contributed by atoms with Crippen LogP contribution in [0.1, 0.15) is 26.2 Å². The molecule has 2 rings (SSSR count). The smallest absolute Gasteiger partial charge is 0.289 e. The van der Waals surface area contributed by atoms with Gasteiger partial charge in [-0.15, -0.1) is 0 Å². The van der Waals surface area contributed by atoms with Gasteiger partial charge >= 0.3 is 0 Å². The zero-order valence-corrected chi connectivity index (χ0v) is 11.5. The van der Waals surface area contributed by atoms with Gasteiger partial charge in [0.2, 0.25) is 0 Å². The van der Waals surface area contributed by atoms with Crippen molar-refractivity contribution in [2.75, 3.05) is 11.4 Å². The molecule has 0 bridgehead atoms. The molecule has 0 amide bonds. The number of halogens is 1. The average molecular weight is 285 g/mol. The second-order valence-corrected chi connectivity index (χ2v) is 5.28. The van der Waals surface area contributed by atoms with Crippen molar-refractivity contribution >= 4 is 23.1 Å². The molecule has 0 radical (unpaired) electrons. The second-order valence-electron chi connectivity index (χ2n) is 4.87. The van der Waals surface area contributed by atoms with E-state index in [9.17, 15) is 10.1 Å². The number of piperidine rings is 1. The van der Waals surface area contributed by atoms with Crippen molar-refractivity contribution in [2.24, 2.45) is 5.73 Å². The Kier molecular flexibility index (Phi) is 4.21. The van der Waals surface area contributed by atoms with E-state index in [0.29, 0.717) is 10.8 Å². The largest absolute Gasteiger partial charge is 0.351 e. The lowest BCUT2D eigenvalue weighted by Crippen LogP contribution is -2.49. The Morgan fingerprint density at radius 3 is 2.95 bits per heavy atom. The molecular weight excluding hydrogens is 268 g/mol. The Bertz CT molecular complexity index is 481. The lowest BCUT2D eigenvalue weighted by Gasteiger charge is -2.39. The highest BCUT2D eigenvalue weighted by Crippen LogP contribution is 2.32. The van der Waals surface area contributed by atoms with E-state index in [-0.39, 0.29) is 17.8 Å². The van der Waals surface area contributed by atoms with Crippen molar-refractivity contribution in [1.82, 2.24) is 4.98 Å². The van der Waals surface area contributed by atoms with Gasteiger partial charge in [-0.3, -0.25) is 10.1 Å². The molecule has 2 unspecified atom stereocenters. The van der Waals surface area contributed by atoms with Crippen LogP contribution < -0.4 is 10.6 Å². The standard InChI is InChI=1S/C12H17ClN4O2/c1-8(14)11-4-2-3-5-16(11)12-10(13)6-9(7-15-12)17(18)19/h6-8,11H,2-5,14H2,1H3. The fraction of sp³-hybridized carbons (Fsp3) is 0.583. The maximum absolute atomic E-state index is 10.7. The first-order chi connectivity index (χ1) is 9.00. The van der Waals surface area contributed by atoms with Gasteiger partial charge in [0.1, 0.15) is 12.0 Å². The molecule has 0 aromatic carbocycles. The van der Waals surface area contributed by atoms with Crippen LogP contribution in [0.4, 0.5) is 11.5 Å². The van der Waals surface area contributed by atoms with Gasteiger partial charge in [-0.25, -0.2) is 4.98 Å². The number of nitrogens with zero attached hydrogens (tertiary/aromatic N) is 3. The predicted octanol–water partition coefficient (Wildman–Crippen LogP) is 2.35. The first-order valence-corrected chi connectivity index (χ1v) is 6.70. The van der Waals surface area contributed by atoms with Crippen LogP contribution in [0.15, 0.2) is 12.3 Å². The minimum absolute atomic E-state index is 0.00774. The lowest BCUT2D eigenvalue weighted by atomic mass is 9.97. The molecular formula is C12H17ClN4O2. The highest BCUT2D eigenvalue weighted by atomic mass is 35.5. The minimum atomic E-state index is -0.498.